The van der Waals surface area contributed by atoms with E-state index in [2.05, 4.69) is 5.32 Å². The van der Waals surface area contributed by atoms with Crippen molar-refractivity contribution in [3.8, 4) is 0 Å². The number of aliphatic carboxylic acids is 1. The first-order chi connectivity index (χ1) is 8.32. The molecular weight excluding hydrogens is 264 g/mol. The molecule has 1 aromatic rings. The van der Waals surface area contributed by atoms with Crippen molar-refractivity contribution in [3.63, 3.8) is 0 Å². The minimum Gasteiger partial charge on any atom is -0.479 e. The van der Waals surface area contributed by atoms with E-state index >= 15 is 0 Å². The van der Waals surface area contributed by atoms with Gasteiger partial charge in [-0.2, -0.15) is 0 Å². The summed E-state index contributed by atoms with van der Waals surface area (Å²) in [7, 11) is 0. The third-order valence-electron chi connectivity index (χ3n) is 2.11. The van der Waals surface area contributed by atoms with E-state index in [4.69, 9.17) is 16.7 Å². The van der Waals surface area contributed by atoms with Crippen molar-refractivity contribution in [2.45, 2.75) is 13.0 Å². The number of anilines is 1. The Hall–Kier alpha value is -2.15. The number of benzene rings is 1. The number of Topliss-reactive ketones (excluding diaryl/α,β-unsaturated/α-hetero) is 1. The molecule has 96 valence electrons. The lowest BCUT2D eigenvalue weighted by molar-refractivity contribution is -0.383. The summed E-state index contributed by atoms with van der Waals surface area (Å²) in [5.41, 5.74) is -0.470. The first-order valence-corrected chi connectivity index (χ1v) is 5.14. The summed E-state index contributed by atoms with van der Waals surface area (Å²) >= 11 is 5.61. The number of nitro benzene ring substituents is 1. The predicted molar refractivity (Wildman–Crippen MR) is 63.8 cm³/mol. The fourth-order valence-corrected chi connectivity index (χ4v) is 1.44. The summed E-state index contributed by atoms with van der Waals surface area (Å²) in [5, 5.41) is 22.0. The van der Waals surface area contributed by atoms with Crippen LogP contribution in [0.4, 0.5) is 11.4 Å². The van der Waals surface area contributed by atoms with Crippen molar-refractivity contribution in [3.05, 3.63) is 33.3 Å². The Kier molecular flexibility index (Phi) is 4.22. The highest BCUT2D eigenvalue weighted by atomic mass is 35.5. The number of carbonyl (C=O) groups is 2. The van der Waals surface area contributed by atoms with Gasteiger partial charge in [-0.05, 0) is 19.1 Å². The molecule has 0 radical (unpaired) electrons. The molecule has 1 rings (SSSR count). The number of hydrogen-bond acceptors (Lipinski definition) is 5. The van der Waals surface area contributed by atoms with Crippen LogP contribution in [0, 0.1) is 10.1 Å². The predicted octanol–water partition coefficient (Wildman–Crippen LogP) is 1.70. The van der Waals surface area contributed by atoms with Crippen LogP contribution in [0.5, 0.6) is 0 Å². The summed E-state index contributed by atoms with van der Waals surface area (Å²) in [5.74, 6) is -2.07. The fourth-order valence-electron chi connectivity index (χ4n) is 1.27. The maximum Gasteiger partial charge on any atom is 0.333 e. The van der Waals surface area contributed by atoms with Gasteiger partial charge in [-0.1, -0.05) is 11.6 Å². The van der Waals surface area contributed by atoms with Crippen molar-refractivity contribution in [1.82, 2.24) is 0 Å². The van der Waals surface area contributed by atoms with Gasteiger partial charge in [-0.25, -0.2) is 4.79 Å². The van der Waals surface area contributed by atoms with E-state index in [-0.39, 0.29) is 10.7 Å². The van der Waals surface area contributed by atoms with Gasteiger partial charge in [-0.3, -0.25) is 14.9 Å². The van der Waals surface area contributed by atoms with Crippen molar-refractivity contribution in [2.75, 3.05) is 5.32 Å². The van der Waals surface area contributed by atoms with E-state index in [0.29, 0.717) is 0 Å². The topological polar surface area (TPSA) is 110 Å². The molecule has 0 bridgehead atoms. The molecule has 0 heterocycles. The van der Waals surface area contributed by atoms with Crippen LogP contribution < -0.4 is 5.32 Å². The Morgan fingerprint density at radius 1 is 1.50 bits per heavy atom. The molecule has 0 aromatic heterocycles. The smallest absolute Gasteiger partial charge is 0.333 e. The number of halogens is 1. The summed E-state index contributed by atoms with van der Waals surface area (Å²) in [6.45, 7) is 1.08. The largest absolute Gasteiger partial charge is 0.479 e. The van der Waals surface area contributed by atoms with Crippen LogP contribution >= 0.6 is 11.6 Å². The first-order valence-electron chi connectivity index (χ1n) is 4.76. The number of carboxylic acid groups (broad SMARTS) is 1. The molecule has 1 unspecified atom stereocenters. The van der Waals surface area contributed by atoms with Gasteiger partial charge in [0.05, 0.1) is 4.92 Å². The van der Waals surface area contributed by atoms with Gasteiger partial charge in [0, 0.05) is 11.1 Å². The van der Waals surface area contributed by atoms with Crippen molar-refractivity contribution in [1.29, 1.82) is 0 Å². The lowest BCUT2D eigenvalue weighted by Gasteiger charge is -2.12. The maximum absolute atomic E-state index is 11.1. The Labute approximate surface area is 107 Å². The standard InChI is InChI=1S/C10H9ClN2O5/c1-5(14)9(10(15)16)12-7-3-2-6(11)4-8(7)13(17)18/h2-4,9,12H,1H3,(H,15,16). The Bertz CT molecular complexity index is 503. The summed E-state index contributed by atoms with van der Waals surface area (Å²) in [6.07, 6.45) is 0. The van der Waals surface area contributed by atoms with E-state index in [1.807, 2.05) is 0 Å². The molecule has 1 atom stereocenters. The van der Waals surface area contributed by atoms with Crippen LogP contribution in [0.25, 0.3) is 0 Å². The molecule has 8 heteroatoms. The molecule has 1 aromatic carbocycles. The highest BCUT2D eigenvalue weighted by molar-refractivity contribution is 6.31. The highest BCUT2D eigenvalue weighted by Crippen LogP contribution is 2.28. The number of rotatable bonds is 5. The van der Waals surface area contributed by atoms with Crippen LogP contribution in [-0.4, -0.2) is 27.8 Å². The molecule has 7 nitrogen and oxygen atoms in total. The number of nitrogens with one attached hydrogen (secondary N) is 1. The molecule has 0 aliphatic rings. The second-order valence-electron chi connectivity index (χ2n) is 3.44. The maximum atomic E-state index is 11.1. The lowest BCUT2D eigenvalue weighted by atomic mass is 10.2. The van der Waals surface area contributed by atoms with E-state index in [9.17, 15) is 19.7 Å². The molecular formula is C10H9ClN2O5. The molecule has 0 fully saturated rings. The minimum atomic E-state index is -1.54. The summed E-state index contributed by atoms with van der Waals surface area (Å²) in [6, 6.07) is 2.14. The Morgan fingerprint density at radius 2 is 2.11 bits per heavy atom. The quantitative estimate of drug-likeness (QED) is 0.480. The van der Waals surface area contributed by atoms with Gasteiger partial charge in [0.1, 0.15) is 5.69 Å². The summed E-state index contributed by atoms with van der Waals surface area (Å²) < 4.78 is 0. The highest BCUT2D eigenvalue weighted by Gasteiger charge is 2.25. The molecule has 0 spiro atoms. The third-order valence-corrected chi connectivity index (χ3v) is 2.34. The molecule has 2 N–H and O–H groups in total. The zero-order valence-corrected chi connectivity index (χ0v) is 9.97. The SMILES string of the molecule is CC(=O)C(Nc1ccc(Cl)cc1[N+](=O)[O-])C(=O)O. The van der Waals surface area contributed by atoms with Gasteiger partial charge in [-0.15, -0.1) is 0 Å². The van der Waals surface area contributed by atoms with Gasteiger partial charge in [0.15, 0.2) is 11.8 Å². The van der Waals surface area contributed by atoms with Crippen LogP contribution in [-0.2, 0) is 9.59 Å². The van der Waals surface area contributed by atoms with Crippen molar-refractivity contribution >= 4 is 34.7 Å². The minimum absolute atomic E-state index is 0.0769. The summed E-state index contributed by atoms with van der Waals surface area (Å²) in [4.78, 5) is 32.0. The lowest BCUT2D eigenvalue weighted by Crippen LogP contribution is -2.36. The van der Waals surface area contributed by atoms with Crippen molar-refractivity contribution < 1.29 is 19.6 Å². The number of ketones is 1. The average Bonchev–Trinajstić information content (AvgIpc) is 2.25. The molecule has 18 heavy (non-hydrogen) atoms. The first kappa shape index (κ1) is 13.9. The Balaban J connectivity index is 3.13. The van der Waals surface area contributed by atoms with Crippen LogP contribution in [0.1, 0.15) is 6.92 Å². The fraction of sp³-hybridized carbons (Fsp3) is 0.200. The van der Waals surface area contributed by atoms with Crippen molar-refractivity contribution in [2.24, 2.45) is 0 Å². The zero-order chi connectivity index (χ0) is 13.9. The molecule has 0 saturated carbocycles. The van der Waals surface area contributed by atoms with E-state index in [1.54, 1.807) is 0 Å². The molecule has 0 aliphatic heterocycles. The number of carbonyl (C=O) groups excluding carboxylic acids is 1. The second-order valence-corrected chi connectivity index (χ2v) is 3.88. The average molecular weight is 273 g/mol. The van der Waals surface area contributed by atoms with Crippen LogP contribution in [0.15, 0.2) is 18.2 Å². The molecule has 0 amide bonds. The number of nitro groups is 1. The molecule has 0 saturated heterocycles. The normalized spacial score (nSPS) is 11.7. The second kappa shape index (κ2) is 5.46. The van der Waals surface area contributed by atoms with E-state index < -0.39 is 28.4 Å². The third kappa shape index (κ3) is 3.17. The number of hydrogen-bond donors (Lipinski definition) is 2. The monoisotopic (exact) mass is 272 g/mol. The van der Waals surface area contributed by atoms with Gasteiger partial charge >= 0.3 is 5.97 Å². The van der Waals surface area contributed by atoms with Gasteiger partial charge in [0.2, 0.25) is 0 Å². The number of carboxylic acids is 1. The van der Waals surface area contributed by atoms with E-state index in [0.717, 1.165) is 13.0 Å². The zero-order valence-electron chi connectivity index (χ0n) is 9.21. The number of nitrogens with zero attached hydrogens (tertiary/aromatic N) is 1. The van der Waals surface area contributed by atoms with Gasteiger partial charge in [0.25, 0.3) is 5.69 Å². The van der Waals surface area contributed by atoms with E-state index in [1.165, 1.54) is 12.1 Å². The van der Waals surface area contributed by atoms with Crippen LogP contribution in [0.3, 0.4) is 0 Å². The van der Waals surface area contributed by atoms with Crippen LogP contribution in [0.2, 0.25) is 5.02 Å². The van der Waals surface area contributed by atoms with Gasteiger partial charge < -0.3 is 10.4 Å². The Morgan fingerprint density at radius 3 is 2.56 bits per heavy atom. The molecule has 0 aliphatic carbocycles.